The molecule has 0 atom stereocenters. The lowest BCUT2D eigenvalue weighted by molar-refractivity contribution is -0.128. The Morgan fingerprint density at radius 2 is 1.61 bits per heavy atom. The van der Waals surface area contributed by atoms with Crippen LogP contribution in [0.4, 0.5) is 0 Å². The lowest BCUT2D eigenvalue weighted by Gasteiger charge is -2.04. The van der Waals surface area contributed by atoms with Crippen molar-refractivity contribution in [3.8, 4) is 0 Å². The van der Waals surface area contributed by atoms with E-state index < -0.39 is 0 Å². The average Bonchev–Trinajstić information content (AvgIpc) is 2.42. The van der Waals surface area contributed by atoms with Crippen molar-refractivity contribution in [1.82, 2.24) is 0 Å². The van der Waals surface area contributed by atoms with Gasteiger partial charge in [-0.1, -0.05) is 30.3 Å². The zero-order valence-corrected chi connectivity index (χ0v) is 10.8. The maximum atomic E-state index is 9.88. The highest BCUT2D eigenvalue weighted by atomic mass is 16.5. The minimum Gasteiger partial charge on any atom is -0.468 e. The molecular formula is C15H22O3. The molecule has 3 heteroatoms. The van der Waals surface area contributed by atoms with Crippen LogP contribution in [-0.4, -0.2) is 26.3 Å². The quantitative estimate of drug-likeness (QED) is 0.447. The van der Waals surface area contributed by atoms with Crippen LogP contribution in [0.1, 0.15) is 31.2 Å². The van der Waals surface area contributed by atoms with Crippen LogP contribution in [0.2, 0.25) is 0 Å². The molecule has 0 radical (unpaired) electrons. The maximum absolute atomic E-state index is 9.88. The first-order valence-electron chi connectivity index (χ1n) is 6.60. The van der Waals surface area contributed by atoms with Crippen LogP contribution in [0.3, 0.4) is 0 Å². The fraction of sp³-hybridized carbons (Fsp3) is 0.533. The van der Waals surface area contributed by atoms with Gasteiger partial charge in [-0.2, -0.15) is 0 Å². The number of carbonyl (C=O) groups excluding carboxylic acids is 1. The smallest absolute Gasteiger partial charge is 0.293 e. The van der Waals surface area contributed by atoms with Gasteiger partial charge >= 0.3 is 0 Å². The molecule has 0 amide bonds. The molecule has 0 aliphatic rings. The summed E-state index contributed by atoms with van der Waals surface area (Å²) in [5.74, 6) is 0. The Hall–Kier alpha value is -1.35. The number of ether oxygens (including phenoxy) is 2. The van der Waals surface area contributed by atoms with Crippen LogP contribution in [0.25, 0.3) is 0 Å². The number of aryl methyl sites for hydroxylation is 1. The first-order valence-corrected chi connectivity index (χ1v) is 6.60. The third-order valence-electron chi connectivity index (χ3n) is 2.72. The molecule has 3 nitrogen and oxygen atoms in total. The van der Waals surface area contributed by atoms with Crippen LogP contribution >= 0.6 is 0 Å². The van der Waals surface area contributed by atoms with Crippen LogP contribution in [0, 0.1) is 0 Å². The second kappa shape index (κ2) is 10.8. The van der Waals surface area contributed by atoms with Crippen LogP contribution in [0.15, 0.2) is 30.3 Å². The fourth-order valence-corrected chi connectivity index (χ4v) is 1.74. The molecule has 1 aromatic carbocycles. The van der Waals surface area contributed by atoms with E-state index in [1.165, 1.54) is 5.56 Å². The second-order valence-corrected chi connectivity index (χ2v) is 4.23. The van der Waals surface area contributed by atoms with Crippen molar-refractivity contribution >= 4 is 6.47 Å². The van der Waals surface area contributed by atoms with Gasteiger partial charge in [0.1, 0.15) is 0 Å². The largest absolute Gasteiger partial charge is 0.468 e. The van der Waals surface area contributed by atoms with Crippen molar-refractivity contribution in [1.29, 1.82) is 0 Å². The molecule has 1 rings (SSSR count). The van der Waals surface area contributed by atoms with E-state index in [4.69, 9.17) is 4.74 Å². The van der Waals surface area contributed by atoms with E-state index in [0.717, 1.165) is 45.3 Å². The standard InChI is InChI=1S/C15H22O3/c16-14-18-12-6-2-5-11-17-13-7-10-15-8-3-1-4-9-15/h1,3-4,8-9,14H,2,5-7,10-13H2. The van der Waals surface area contributed by atoms with E-state index >= 15 is 0 Å². The summed E-state index contributed by atoms with van der Waals surface area (Å²) in [7, 11) is 0. The Labute approximate surface area is 109 Å². The Morgan fingerprint density at radius 1 is 0.889 bits per heavy atom. The summed E-state index contributed by atoms with van der Waals surface area (Å²) in [5.41, 5.74) is 1.37. The molecule has 18 heavy (non-hydrogen) atoms. The molecule has 1 aromatic rings. The predicted molar refractivity (Wildman–Crippen MR) is 71.4 cm³/mol. The molecule has 0 N–H and O–H groups in total. The second-order valence-electron chi connectivity index (χ2n) is 4.23. The summed E-state index contributed by atoms with van der Waals surface area (Å²) in [4.78, 5) is 9.88. The van der Waals surface area contributed by atoms with Crippen molar-refractivity contribution in [2.24, 2.45) is 0 Å². The SMILES string of the molecule is O=COCCCCCOCCCc1ccccc1. The van der Waals surface area contributed by atoms with Gasteiger partial charge < -0.3 is 9.47 Å². The zero-order chi connectivity index (χ0) is 12.9. The highest BCUT2D eigenvalue weighted by Gasteiger charge is 1.93. The summed E-state index contributed by atoms with van der Waals surface area (Å²) in [6.45, 7) is 2.65. The lowest BCUT2D eigenvalue weighted by Crippen LogP contribution is -1.99. The Bertz CT molecular complexity index is 298. The Balaban J connectivity index is 1.83. The first-order chi connectivity index (χ1) is 8.93. The summed E-state index contributed by atoms with van der Waals surface area (Å²) in [6.07, 6.45) is 5.15. The number of benzene rings is 1. The van der Waals surface area contributed by atoms with Crippen molar-refractivity contribution in [2.75, 3.05) is 19.8 Å². The van der Waals surface area contributed by atoms with Gasteiger partial charge in [-0.25, -0.2) is 0 Å². The summed E-state index contributed by atoms with van der Waals surface area (Å²) in [6, 6.07) is 10.5. The normalized spacial score (nSPS) is 10.2. The van der Waals surface area contributed by atoms with Crippen LogP contribution in [-0.2, 0) is 20.7 Å². The molecule has 0 heterocycles. The Morgan fingerprint density at radius 3 is 2.39 bits per heavy atom. The molecule has 0 saturated carbocycles. The van der Waals surface area contributed by atoms with Crippen molar-refractivity contribution in [3.63, 3.8) is 0 Å². The van der Waals surface area contributed by atoms with Gasteiger partial charge in [-0.15, -0.1) is 0 Å². The van der Waals surface area contributed by atoms with E-state index in [9.17, 15) is 4.79 Å². The third kappa shape index (κ3) is 7.85. The Kier molecular flexibility index (Phi) is 8.81. The number of hydrogen-bond acceptors (Lipinski definition) is 3. The van der Waals surface area contributed by atoms with Gasteiger partial charge in [0.2, 0.25) is 0 Å². The number of hydrogen-bond donors (Lipinski definition) is 0. The van der Waals surface area contributed by atoms with E-state index in [0.29, 0.717) is 13.1 Å². The van der Waals surface area contributed by atoms with E-state index in [2.05, 4.69) is 29.0 Å². The van der Waals surface area contributed by atoms with E-state index in [1.807, 2.05) is 6.07 Å². The number of rotatable bonds is 11. The third-order valence-corrected chi connectivity index (χ3v) is 2.72. The summed E-state index contributed by atoms with van der Waals surface area (Å²) >= 11 is 0. The van der Waals surface area contributed by atoms with Gasteiger partial charge in [-0.05, 0) is 37.7 Å². The van der Waals surface area contributed by atoms with Gasteiger partial charge in [0, 0.05) is 13.2 Å². The molecule has 0 unspecified atom stereocenters. The summed E-state index contributed by atoms with van der Waals surface area (Å²) in [5, 5.41) is 0. The average molecular weight is 250 g/mol. The molecule has 100 valence electrons. The van der Waals surface area contributed by atoms with Crippen LogP contribution in [0.5, 0.6) is 0 Å². The van der Waals surface area contributed by atoms with Gasteiger partial charge in [0.25, 0.3) is 6.47 Å². The first kappa shape index (κ1) is 14.7. The predicted octanol–water partition coefficient (Wildman–Crippen LogP) is 2.98. The molecule has 0 bridgehead atoms. The van der Waals surface area contributed by atoms with Crippen molar-refractivity contribution in [3.05, 3.63) is 35.9 Å². The molecule has 0 saturated heterocycles. The van der Waals surface area contributed by atoms with Gasteiger partial charge in [0.05, 0.1) is 6.61 Å². The molecule has 0 fully saturated rings. The van der Waals surface area contributed by atoms with Gasteiger partial charge in [-0.3, -0.25) is 4.79 Å². The molecule has 0 aliphatic carbocycles. The summed E-state index contributed by atoms with van der Waals surface area (Å²) < 4.78 is 10.2. The van der Waals surface area contributed by atoms with Crippen molar-refractivity contribution in [2.45, 2.75) is 32.1 Å². The molecule has 0 aromatic heterocycles. The monoisotopic (exact) mass is 250 g/mol. The number of unbranched alkanes of at least 4 members (excludes halogenated alkanes) is 2. The fourth-order valence-electron chi connectivity index (χ4n) is 1.74. The van der Waals surface area contributed by atoms with Crippen molar-refractivity contribution < 1.29 is 14.3 Å². The maximum Gasteiger partial charge on any atom is 0.293 e. The topological polar surface area (TPSA) is 35.5 Å². The highest BCUT2D eigenvalue weighted by molar-refractivity contribution is 5.36. The van der Waals surface area contributed by atoms with E-state index in [1.54, 1.807) is 0 Å². The lowest BCUT2D eigenvalue weighted by atomic mass is 10.1. The molecule has 0 aliphatic heterocycles. The van der Waals surface area contributed by atoms with Gasteiger partial charge in [0.15, 0.2) is 0 Å². The minimum atomic E-state index is 0.500. The minimum absolute atomic E-state index is 0.500. The van der Waals surface area contributed by atoms with Crippen LogP contribution < -0.4 is 0 Å². The highest BCUT2D eigenvalue weighted by Crippen LogP contribution is 2.03. The zero-order valence-electron chi connectivity index (χ0n) is 10.8. The number of carbonyl (C=O) groups is 1. The van der Waals surface area contributed by atoms with E-state index in [-0.39, 0.29) is 0 Å². The molecular weight excluding hydrogens is 228 g/mol. The molecule has 0 spiro atoms.